The van der Waals surface area contributed by atoms with Gasteiger partial charge < -0.3 is 10.0 Å². The van der Waals surface area contributed by atoms with Crippen LogP contribution in [0.25, 0.3) is 0 Å². The summed E-state index contributed by atoms with van der Waals surface area (Å²) in [7, 11) is 0. The highest BCUT2D eigenvalue weighted by Gasteiger charge is 2.31. The molecule has 1 amide bonds. The van der Waals surface area contributed by atoms with Gasteiger partial charge in [-0.15, -0.1) is 0 Å². The Hall–Kier alpha value is -1.98. The molecule has 2 rings (SSSR count). The zero-order valence-electron chi connectivity index (χ0n) is 8.97. The van der Waals surface area contributed by atoms with Gasteiger partial charge in [0.1, 0.15) is 5.82 Å². The molecule has 1 N–H and O–H groups in total. The number of carbonyl (C=O) groups is 2. The van der Waals surface area contributed by atoms with E-state index in [2.05, 4.69) is 4.98 Å². The van der Waals surface area contributed by atoms with Crippen molar-refractivity contribution in [2.24, 2.45) is 5.92 Å². The summed E-state index contributed by atoms with van der Waals surface area (Å²) < 4.78 is 12.9. The SMILES string of the molecule is O=C(O)C1CCN(C(=O)c2cncc(F)c2)C1. The Morgan fingerprint density at radius 2 is 2.24 bits per heavy atom. The summed E-state index contributed by atoms with van der Waals surface area (Å²) in [5.74, 6) is -2.39. The quantitative estimate of drug-likeness (QED) is 0.826. The number of hydrogen-bond donors (Lipinski definition) is 1. The number of nitrogens with zero attached hydrogens (tertiary/aromatic N) is 2. The summed E-state index contributed by atoms with van der Waals surface area (Å²) in [5, 5.41) is 8.82. The van der Waals surface area contributed by atoms with Crippen molar-refractivity contribution in [1.82, 2.24) is 9.88 Å². The Bertz CT molecular complexity index is 464. The molecule has 1 aliphatic rings. The lowest BCUT2D eigenvalue weighted by Gasteiger charge is -2.15. The standard InChI is InChI=1S/C11H11FN2O3/c12-9-3-8(4-13-5-9)10(15)14-2-1-7(6-14)11(16)17/h3-5,7H,1-2,6H2,(H,16,17). The fourth-order valence-corrected chi connectivity index (χ4v) is 1.86. The number of likely N-dealkylation sites (tertiary alicyclic amines) is 1. The maximum atomic E-state index is 12.9. The largest absolute Gasteiger partial charge is 0.481 e. The van der Waals surface area contributed by atoms with Crippen LogP contribution in [0.4, 0.5) is 4.39 Å². The van der Waals surface area contributed by atoms with E-state index in [0.717, 1.165) is 12.3 Å². The van der Waals surface area contributed by atoms with Gasteiger partial charge in [0.15, 0.2) is 0 Å². The van der Waals surface area contributed by atoms with Crippen LogP contribution in [-0.4, -0.2) is 40.0 Å². The summed E-state index contributed by atoms with van der Waals surface area (Å²) in [6.45, 7) is 0.553. The molecule has 0 spiro atoms. The Morgan fingerprint density at radius 1 is 1.47 bits per heavy atom. The van der Waals surface area contributed by atoms with Crippen LogP contribution >= 0.6 is 0 Å². The van der Waals surface area contributed by atoms with Gasteiger partial charge in [0.2, 0.25) is 0 Å². The third-order valence-electron chi connectivity index (χ3n) is 2.78. The lowest BCUT2D eigenvalue weighted by molar-refractivity contribution is -0.141. The molecule has 2 heterocycles. The maximum absolute atomic E-state index is 12.9. The molecule has 1 atom stereocenters. The van der Waals surface area contributed by atoms with Crippen molar-refractivity contribution in [2.75, 3.05) is 13.1 Å². The molecule has 1 unspecified atom stereocenters. The van der Waals surface area contributed by atoms with E-state index in [0.29, 0.717) is 13.0 Å². The number of carboxylic acid groups (broad SMARTS) is 1. The smallest absolute Gasteiger partial charge is 0.308 e. The second-order valence-electron chi connectivity index (χ2n) is 3.97. The van der Waals surface area contributed by atoms with E-state index in [1.165, 1.54) is 11.1 Å². The summed E-state index contributed by atoms with van der Waals surface area (Å²) in [4.78, 5) is 27.6. The van der Waals surface area contributed by atoms with Crippen LogP contribution < -0.4 is 0 Å². The van der Waals surface area contributed by atoms with Crippen molar-refractivity contribution >= 4 is 11.9 Å². The van der Waals surface area contributed by atoms with E-state index < -0.39 is 17.7 Å². The first kappa shape index (κ1) is 11.5. The number of carboxylic acids is 1. The summed E-state index contributed by atoms with van der Waals surface area (Å²) >= 11 is 0. The number of pyridine rings is 1. The molecule has 0 bridgehead atoms. The highest BCUT2D eigenvalue weighted by atomic mass is 19.1. The molecule has 1 saturated heterocycles. The van der Waals surface area contributed by atoms with Crippen LogP contribution in [0.5, 0.6) is 0 Å². The van der Waals surface area contributed by atoms with Gasteiger partial charge in [0, 0.05) is 19.3 Å². The van der Waals surface area contributed by atoms with Crippen molar-refractivity contribution in [3.63, 3.8) is 0 Å². The van der Waals surface area contributed by atoms with Crippen LogP contribution in [0.1, 0.15) is 16.8 Å². The van der Waals surface area contributed by atoms with Gasteiger partial charge in [-0.1, -0.05) is 0 Å². The molecular formula is C11H11FN2O3. The van der Waals surface area contributed by atoms with E-state index in [9.17, 15) is 14.0 Å². The van der Waals surface area contributed by atoms with Crippen molar-refractivity contribution < 1.29 is 19.1 Å². The molecule has 0 saturated carbocycles. The minimum Gasteiger partial charge on any atom is -0.481 e. The molecule has 17 heavy (non-hydrogen) atoms. The summed E-state index contributed by atoms with van der Waals surface area (Å²) in [5.41, 5.74) is 0.149. The molecule has 0 radical (unpaired) electrons. The summed E-state index contributed by atoms with van der Waals surface area (Å²) in [6, 6.07) is 1.10. The third kappa shape index (κ3) is 2.41. The van der Waals surface area contributed by atoms with E-state index >= 15 is 0 Å². The Balaban J connectivity index is 2.09. The number of carbonyl (C=O) groups excluding carboxylic acids is 1. The van der Waals surface area contributed by atoms with Crippen LogP contribution in [0, 0.1) is 11.7 Å². The average molecular weight is 238 g/mol. The monoisotopic (exact) mass is 238 g/mol. The topological polar surface area (TPSA) is 70.5 Å². The van der Waals surface area contributed by atoms with Gasteiger partial charge in [-0.05, 0) is 12.5 Å². The van der Waals surface area contributed by atoms with Crippen LogP contribution in [0.15, 0.2) is 18.5 Å². The zero-order chi connectivity index (χ0) is 12.4. The predicted molar refractivity (Wildman–Crippen MR) is 55.8 cm³/mol. The first-order chi connectivity index (χ1) is 8.08. The molecule has 1 fully saturated rings. The van der Waals surface area contributed by atoms with Gasteiger partial charge in [0.25, 0.3) is 5.91 Å². The van der Waals surface area contributed by atoms with Crippen molar-refractivity contribution in [2.45, 2.75) is 6.42 Å². The number of amides is 1. The lowest BCUT2D eigenvalue weighted by Crippen LogP contribution is -2.30. The molecule has 0 aliphatic carbocycles. The van der Waals surface area contributed by atoms with Crippen LogP contribution in [-0.2, 0) is 4.79 Å². The van der Waals surface area contributed by atoms with Crippen molar-refractivity contribution in [1.29, 1.82) is 0 Å². The minimum atomic E-state index is -0.905. The second kappa shape index (κ2) is 4.48. The Labute approximate surface area is 96.9 Å². The van der Waals surface area contributed by atoms with Gasteiger partial charge in [-0.3, -0.25) is 14.6 Å². The Kier molecular flexibility index (Phi) is 3.03. The molecular weight excluding hydrogens is 227 g/mol. The van der Waals surface area contributed by atoms with Crippen molar-refractivity contribution in [3.8, 4) is 0 Å². The second-order valence-corrected chi connectivity index (χ2v) is 3.97. The molecule has 0 aromatic carbocycles. The number of hydrogen-bond acceptors (Lipinski definition) is 3. The number of rotatable bonds is 2. The molecule has 90 valence electrons. The fraction of sp³-hybridized carbons (Fsp3) is 0.364. The van der Waals surface area contributed by atoms with Crippen LogP contribution in [0.3, 0.4) is 0 Å². The summed E-state index contributed by atoms with van der Waals surface area (Å²) in [6.07, 6.45) is 2.73. The van der Waals surface area contributed by atoms with Gasteiger partial charge in [-0.2, -0.15) is 0 Å². The predicted octanol–water partition coefficient (Wildman–Crippen LogP) is 0.767. The van der Waals surface area contributed by atoms with E-state index in [-0.39, 0.29) is 18.0 Å². The van der Waals surface area contributed by atoms with Crippen LogP contribution in [0.2, 0.25) is 0 Å². The lowest BCUT2D eigenvalue weighted by atomic mass is 10.1. The normalized spacial score (nSPS) is 19.4. The highest BCUT2D eigenvalue weighted by molar-refractivity contribution is 5.94. The molecule has 1 aliphatic heterocycles. The minimum absolute atomic E-state index is 0.149. The average Bonchev–Trinajstić information content (AvgIpc) is 2.77. The number of halogens is 1. The van der Waals surface area contributed by atoms with Gasteiger partial charge >= 0.3 is 5.97 Å². The third-order valence-corrected chi connectivity index (χ3v) is 2.78. The van der Waals surface area contributed by atoms with Gasteiger partial charge in [-0.25, -0.2) is 4.39 Å². The highest BCUT2D eigenvalue weighted by Crippen LogP contribution is 2.18. The first-order valence-corrected chi connectivity index (χ1v) is 5.20. The van der Waals surface area contributed by atoms with E-state index in [1.54, 1.807) is 0 Å². The molecule has 6 heteroatoms. The Morgan fingerprint density at radius 3 is 2.82 bits per heavy atom. The molecule has 1 aromatic heterocycles. The fourth-order valence-electron chi connectivity index (χ4n) is 1.86. The first-order valence-electron chi connectivity index (χ1n) is 5.20. The van der Waals surface area contributed by atoms with Gasteiger partial charge in [0.05, 0.1) is 17.7 Å². The maximum Gasteiger partial charge on any atom is 0.308 e. The molecule has 1 aromatic rings. The zero-order valence-corrected chi connectivity index (χ0v) is 8.97. The molecule has 5 nitrogen and oxygen atoms in total. The number of aromatic nitrogens is 1. The van der Waals surface area contributed by atoms with Crippen molar-refractivity contribution in [3.05, 3.63) is 29.8 Å². The number of aliphatic carboxylic acids is 1. The van der Waals surface area contributed by atoms with E-state index in [1.807, 2.05) is 0 Å². The van der Waals surface area contributed by atoms with E-state index in [4.69, 9.17) is 5.11 Å².